The summed E-state index contributed by atoms with van der Waals surface area (Å²) in [6, 6.07) is 9.59. The van der Waals surface area contributed by atoms with E-state index in [1.165, 1.54) is 6.42 Å². The van der Waals surface area contributed by atoms with Gasteiger partial charge in [-0.05, 0) is 31.0 Å². The summed E-state index contributed by atoms with van der Waals surface area (Å²) >= 11 is 0. The Labute approximate surface area is 102 Å². The van der Waals surface area contributed by atoms with Crippen molar-refractivity contribution in [3.8, 4) is 6.07 Å². The van der Waals surface area contributed by atoms with Crippen LogP contribution in [0.2, 0.25) is 0 Å². The average Bonchev–Trinajstić information content (AvgIpc) is 2.38. The van der Waals surface area contributed by atoms with Crippen LogP contribution < -0.4 is 5.32 Å². The van der Waals surface area contributed by atoms with Crippen LogP contribution in [0.4, 0.5) is 5.69 Å². The van der Waals surface area contributed by atoms with E-state index in [2.05, 4.69) is 11.4 Å². The fraction of sp³-hybridized carbons (Fsp3) is 0.500. The molecule has 0 amide bonds. The monoisotopic (exact) mass is 230 g/mol. The maximum atomic E-state index is 9.86. The van der Waals surface area contributed by atoms with Crippen LogP contribution >= 0.6 is 0 Å². The number of nitrogens with one attached hydrogen (secondary N) is 1. The van der Waals surface area contributed by atoms with Crippen molar-refractivity contribution in [1.29, 1.82) is 5.26 Å². The van der Waals surface area contributed by atoms with Gasteiger partial charge in [0.1, 0.15) is 0 Å². The molecular weight excluding hydrogens is 212 g/mol. The van der Waals surface area contributed by atoms with Crippen LogP contribution in [0.15, 0.2) is 24.3 Å². The van der Waals surface area contributed by atoms with Crippen molar-refractivity contribution in [2.75, 3.05) is 11.9 Å². The molecular formula is C14H18N2O. The van der Waals surface area contributed by atoms with Crippen molar-refractivity contribution in [3.05, 3.63) is 29.8 Å². The van der Waals surface area contributed by atoms with Gasteiger partial charge in [-0.3, -0.25) is 0 Å². The van der Waals surface area contributed by atoms with Crippen molar-refractivity contribution >= 4 is 5.69 Å². The van der Waals surface area contributed by atoms with Gasteiger partial charge in [0.25, 0.3) is 0 Å². The highest BCUT2D eigenvalue weighted by Gasteiger charge is 2.22. The smallest absolute Gasteiger partial charge is 0.0992 e. The quantitative estimate of drug-likeness (QED) is 0.839. The molecule has 3 nitrogen and oxygen atoms in total. The highest BCUT2D eigenvalue weighted by molar-refractivity contribution is 5.49. The van der Waals surface area contributed by atoms with E-state index in [1.54, 1.807) is 6.07 Å². The molecule has 90 valence electrons. The Kier molecular flexibility index (Phi) is 4.00. The Hall–Kier alpha value is -1.53. The Morgan fingerprint density at radius 3 is 2.94 bits per heavy atom. The number of aliphatic hydroxyl groups is 1. The predicted molar refractivity (Wildman–Crippen MR) is 67.6 cm³/mol. The van der Waals surface area contributed by atoms with E-state index in [9.17, 15) is 5.11 Å². The van der Waals surface area contributed by atoms with Crippen LogP contribution in [0.1, 0.15) is 31.2 Å². The SMILES string of the molecule is N#Cc1cccc(NCC2CCCCC2O)c1. The summed E-state index contributed by atoms with van der Waals surface area (Å²) in [7, 11) is 0. The lowest BCUT2D eigenvalue weighted by molar-refractivity contribution is 0.0763. The normalized spacial score (nSPS) is 24.0. The maximum absolute atomic E-state index is 9.86. The molecule has 0 heterocycles. The van der Waals surface area contributed by atoms with Gasteiger partial charge in [-0.1, -0.05) is 18.9 Å². The third-order valence-corrected chi connectivity index (χ3v) is 3.43. The van der Waals surface area contributed by atoms with Gasteiger partial charge in [-0.2, -0.15) is 5.26 Å². The van der Waals surface area contributed by atoms with Crippen LogP contribution in [0, 0.1) is 17.2 Å². The summed E-state index contributed by atoms with van der Waals surface area (Å²) in [6.07, 6.45) is 4.19. The Balaban J connectivity index is 1.90. The molecule has 1 aromatic carbocycles. The Morgan fingerprint density at radius 1 is 1.35 bits per heavy atom. The molecule has 0 aromatic heterocycles. The zero-order valence-electron chi connectivity index (χ0n) is 9.89. The number of nitrogens with zero attached hydrogens (tertiary/aromatic N) is 1. The zero-order valence-corrected chi connectivity index (χ0v) is 9.89. The summed E-state index contributed by atoms with van der Waals surface area (Å²) in [5.74, 6) is 0.342. The van der Waals surface area contributed by atoms with E-state index in [0.29, 0.717) is 11.5 Å². The molecule has 2 rings (SSSR count). The van der Waals surface area contributed by atoms with Gasteiger partial charge in [0.05, 0.1) is 17.7 Å². The van der Waals surface area contributed by atoms with Crippen LogP contribution in [0.3, 0.4) is 0 Å². The van der Waals surface area contributed by atoms with Crippen molar-refractivity contribution in [3.63, 3.8) is 0 Å². The summed E-state index contributed by atoms with van der Waals surface area (Å²) in [5, 5.41) is 22.0. The second-order valence-corrected chi connectivity index (χ2v) is 4.69. The third-order valence-electron chi connectivity index (χ3n) is 3.43. The Morgan fingerprint density at radius 2 is 2.18 bits per heavy atom. The lowest BCUT2D eigenvalue weighted by Gasteiger charge is -2.28. The molecule has 0 radical (unpaired) electrons. The third kappa shape index (κ3) is 3.21. The van der Waals surface area contributed by atoms with Gasteiger partial charge < -0.3 is 10.4 Å². The zero-order chi connectivity index (χ0) is 12.1. The molecule has 2 unspecified atom stereocenters. The second kappa shape index (κ2) is 5.70. The first-order chi connectivity index (χ1) is 8.29. The molecule has 1 aromatic rings. The topological polar surface area (TPSA) is 56.0 Å². The first-order valence-corrected chi connectivity index (χ1v) is 6.21. The number of hydrogen-bond donors (Lipinski definition) is 2. The first-order valence-electron chi connectivity index (χ1n) is 6.21. The molecule has 17 heavy (non-hydrogen) atoms. The molecule has 0 saturated heterocycles. The van der Waals surface area contributed by atoms with Crippen LogP contribution in [0.5, 0.6) is 0 Å². The minimum atomic E-state index is -0.171. The second-order valence-electron chi connectivity index (χ2n) is 4.69. The minimum absolute atomic E-state index is 0.171. The largest absolute Gasteiger partial charge is 0.393 e. The standard InChI is InChI=1S/C14H18N2O/c15-9-11-4-3-6-13(8-11)16-10-12-5-1-2-7-14(12)17/h3-4,6,8,12,14,16-17H,1-2,5,7,10H2. The highest BCUT2D eigenvalue weighted by atomic mass is 16.3. The predicted octanol–water partition coefficient (Wildman–Crippen LogP) is 2.52. The molecule has 3 heteroatoms. The maximum Gasteiger partial charge on any atom is 0.0992 e. The van der Waals surface area contributed by atoms with Crippen molar-refractivity contribution in [2.45, 2.75) is 31.8 Å². The summed E-state index contributed by atoms with van der Waals surface area (Å²) in [5.41, 5.74) is 1.63. The fourth-order valence-corrected chi connectivity index (χ4v) is 2.37. The van der Waals surface area contributed by atoms with E-state index in [4.69, 9.17) is 5.26 Å². The van der Waals surface area contributed by atoms with Crippen LogP contribution in [-0.2, 0) is 0 Å². The van der Waals surface area contributed by atoms with Gasteiger partial charge in [-0.15, -0.1) is 0 Å². The molecule has 2 N–H and O–H groups in total. The average molecular weight is 230 g/mol. The van der Waals surface area contributed by atoms with E-state index >= 15 is 0 Å². The highest BCUT2D eigenvalue weighted by Crippen LogP contribution is 2.24. The Bertz CT molecular complexity index is 411. The van der Waals surface area contributed by atoms with Crippen molar-refractivity contribution in [2.24, 2.45) is 5.92 Å². The number of nitriles is 1. The van der Waals surface area contributed by atoms with Gasteiger partial charge in [-0.25, -0.2) is 0 Å². The molecule has 0 spiro atoms. The first kappa shape index (κ1) is 11.9. The minimum Gasteiger partial charge on any atom is -0.393 e. The van der Waals surface area contributed by atoms with Gasteiger partial charge >= 0.3 is 0 Å². The summed E-state index contributed by atoms with van der Waals surface area (Å²) < 4.78 is 0. The molecule has 1 aliphatic carbocycles. The van der Waals surface area contributed by atoms with Gasteiger partial charge in [0.15, 0.2) is 0 Å². The summed E-state index contributed by atoms with van der Waals surface area (Å²) in [4.78, 5) is 0. The fourth-order valence-electron chi connectivity index (χ4n) is 2.37. The van der Waals surface area contributed by atoms with Crippen LogP contribution in [0.25, 0.3) is 0 Å². The number of anilines is 1. The molecule has 1 aliphatic rings. The van der Waals surface area contributed by atoms with E-state index in [-0.39, 0.29) is 6.10 Å². The molecule has 0 aliphatic heterocycles. The van der Waals surface area contributed by atoms with Gasteiger partial charge in [0, 0.05) is 18.2 Å². The van der Waals surface area contributed by atoms with Crippen molar-refractivity contribution in [1.82, 2.24) is 0 Å². The van der Waals surface area contributed by atoms with E-state index in [1.807, 2.05) is 18.2 Å². The molecule has 0 bridgehead atoms. The van der Waals surface area contributed by atoms with Crippen molar-refractivity contribution < 1.29 is 5.11 Å². The summed E-state index contributed by atoms with van der Waals surface area (Å²) in [6.45, 7) is 0.788. The number of aliphatic hydroxyl groups excluding tert-OH is 1. The lowest BCUT2D eigenvalue weighted by Crippen LogP contribution is -2.30. The lowest BCUT2D eigenvalue weighted by atomic mass is 9.86. The van der Waals surface area contributed by atoms with E-state index < -0.39 is 0 Å². The number of rotatable bonds is 3. The molecule has 1 saturated carbocycles. The molecule has 1 fully saturated rings. The number of hydrogen-bond acceptors (Lipinski definition) is 3. The molecule has 2 atom stereocenters. The van der Waals surface area contributed by atoms with Crippen LogP contribution in [-0.4, -0.2) is 17.8 Å². The van der Waals surface area contributed by atoms with Gasteiger partial charge in [0.2, 0.25) is 0 Å². The number of benzene rings is 1. The van der Waals surface area contributed by atoms with E-state index in [0.717, 1.165) is 31.5 Å².